The lowest BCUT2D eigenvalue weighted by molar-refractivity contribution is -0.119. The predicted molar refractivity (Wildman–Crippen MR) is 105 cm³/mol. The predicted octanol–water partition coefficient (Wildman–Crippen LogP) is 4.20. The highest BCUT2D eigenvalue weighted by molar-refractivity contribution is 7.99. The summed E-state index contributed by atoms with van der Waals surface area (Å²) in [6, 6.07) is 15.3. The van der Waals surface area contributed by atoms with Crippen LogP contribution in [0.4, 0.5) is 0 Å². The van der Waals surface area contributed by atoms with Crippen LogP contribution in [0.3, 0.4) is 0 Å². The first-order chi connectivity index (χ1) is 12.6. The molecule has 26 heavy (non-hydrogen) atoms. The number of carbonyl (C=O) groups is 1. The highest BCUT2D eigenvalue weighted by Gasteiger charge is 2.15. The molecule has 0 saturated heterocycles. The van der Waals surface area contributed by atoms with Crippen molar-refractivity contribution in [3.8, 4) is 5.69 Å². The Labute approximate surface area is 161 Å². The number of hydrogen-bond acceptors (Lipinski definition) is 4. The molecule has 1 atom stereocenters. The number of hydrogen-bond donors (Lipinski definition) is 1. The quantitative estimate of drug-likeness (QED) is 0.645. The van der Waals surface area contributed by atoms with Crippen LogP contribution in [0.25, 0.3) is 5.69 Å². The monoisotopic (exact) mass is 386 g/mol. The Bertz CT molecular complexity index is 912. The summed E-state index contributed by atoms with van der Waals surface area (Å²) in [5.41, 5.74) is 3.02. The minimum atomic E-state index is -0.161. The topological polar surface area (TPSA) is 59.8 Å². The van der Waals surface area contributed by atoms with Gasteiger partial charge in [0.05, 0.1) is 17.5 Å². The minimum absolute atomic E-state index is 0.0817. The van der Waals surface area contributed by atoms with Gasteiger partial charge in [0.2, 0.25) is 5.91 Å². The third-order valence-corrected chi connectivity index (χ3v) is 5.26. The van der Waals surface area contributed by atoms with Crippen LogP contribution in [-0.2, 0) is 4.79 Å². The van der Waals surface area contributed by atoms with Crippen LogP contribution in [0.5, 0.6) is 0 Å². The Morgan fingerprint density at radius 1 is 1.23 bits per heavy atom. The Morgan fingerprint density at radius 3 is 2.73 bits per heavy atom. The Balaban J connectivity index is 1.63. The molecular weight excluding hydrogens is 368 g/mol. The molecule has 5 nitrogen and oxygen atoms in total. The summed E-state index contributed by atoms with van der Waals surface area (Å²) in [6.07, 6.45) is 1.66. The van der Waals surface area contributed by atoms with Crippen LogP contribution in [-0.4, -0.2) is 26.4 Å². The summed E-state index contributed by atoms with van der Waals surface area (Å²) < 4.78 is 1.89. The normalized spacial score (nSPS) is 12.0. The second kappa shape index (κ2) is 8.38. The number of nitrogens with one attached hydrogen (secondary N) is 1. The van der Waals surface area contributed by atoms with E-state index >= 15 is 0 Å². The van der Waals surface area contributed by atoms with Gasteiger partial charge in [0.15, 0.2) is 5.16 Å². The van der Waals surface area contributed by atoms with E-state index in [2.05, 4.69) is 15.5 Å². The second-order valence-electron chi connectivity index (χ2n) is 5.87. The number of amides is 1. The van der Waals surface area contributed by atoms with Gasteiger partial charge < -0.3 is 5.32 Å². The largest absolute Gasteiger partial charge is 0.349 e. The van der Waals surface area contributed by atoms with E-state index in [-0.39, 0.29) is 17.7 Å². The van der Waals surface area contributed by atoms with Crippen LogP contribution >= 0.6 is 23.4 Å². The molecule has 1 aromatic heterocycles. The molecule has 7 heteroatoms. The van der Waals surface area contributed by atoms with Gasteiger partial charge in [-0.05, 0) is 37.1 Å². The molecule has 0 bridgehead atoms. The van der Waals surface area contributed by atoms with E-state index in [0.29, 0.717) is 10.2 Å². The lowest BCUT2D eigenvalue weighted by Gasteiger charge is -2.15. The van der Waals surface area contributed by atoms with E-state index in [0.717, 1.165) is 16.8 Å². The van der Waals surface area contributed by atoms with Gasteiger partial charge in [-0.1, -0.05) is 59.8 Å². The van der Waals surface area contributed by atoms with Crippen molar-refractivity contribution in [1.29, 1.82) is 0 Å². The molecule has 3 aromatic rings. The molecule has 1 amide bonds. The van der Waals surface area contributed by atoms with Gasteiger partial charge >= 0.3 is 0 Å². The van der Waals surface area contributed by atoms with Gasteiger partial charge in [0, 0.05) is 5.02 Å². The lowest BCUT2D eigenvalue weighted by atomic mass is 10.1. The van der Waals surface area contributed by atoms with Crippen molar-refractivity contribution in [1.82, 2.24) is 20.1 Å². The summed E-state index contributed by atoms with van der Waals surface area (Å²) in [4.78, 5) is 12.3. The first-order valence-electron chi connectivity index (χ1n) is 8.19. The highest BCUT2D eigenvalue weighted by atomic mass is 35.5. The Morgan fingerprint density at radius 2 is 1.96 bits per heavy atom. The highest BCUT2D eigenvalue weighted by Crippen LogP contribution is 2.24. The fraction of sp³-hybridized carbons (Fsp3) is 0.211. The SMILES string of the molecule is Cc1ccccc1-n1cnnc1SCC(=O)NC(C)c1ccccc1Cl. The molecule has 0 aliphatic rings. The molecular formula is C19H19ClN4OS. The fourth-order valence-corrected chi connectivity index (χ4v) is 3.67. The van der Waals surface area contributed by atoms with Gasteiger partial charge in [-0.15, -0.1) is 10.2 Å². The van der Waals surface area contributed by atoms with E-state index in [4.69, 9.17) is 11.6 Å². The number of rotatable bonds is 6. The number of halogens is 1. The van der Waals surface area contributed by atoms with Crippen LogP contribution in [0.1, 0.15) is 24.1 Å². The summed E-state index contributed by atoms with van der Waals surface area (Å²) in [7, 11) is 0. The van der Waals surface area contributed by atoms with Gasteiger partial charge in [0.25, 0.3) is 0 Å². The van der Waals surface area contributed by atoms with Crippen LogP contribution < -0.4 is 5.32 Å². The van der Waals surface area contributed by atoms with Gasteiger partial charge in [-0.3, -0.25) is 9.36 Å². The standard InChI is InChI=1S/C19H19ClN4OS/c1-13-7-3-6-10-17(13)24-12-21-23-19(24)26-11-18(25)22-14(2)15-8-4-5-9-16(15)20/h3-10,12,14H,11H2,1-2H3,(H,22,25). The molecule has 134 valence electrons. The van der Waals surface area contributed by atoms with E-state index in [1.165, 1.54) is 11.8 Å². The van der Waals surface area contributed by atoms with E-state index in [9.17, 15) is 4.79 Å². The molecule has 1 heterocycles. The van der Waals surface area contributed by atoms with Crippen molar-refractivity contribution in [2.75, 3.05) is 5.75 Å². The summed E-state index contributed by atoms with van der Waals surface area (Å²) >= 11 is 7.54. The zero-order valence-corrected chi connectivity index (χ0v) is 16.1. The van der Waals surface area contributed by atoms with Crippen molar-refractivity contribution in [3.05, 3.63) is 71.0 Å². The minimum Gasteiger partial charge on any atom is -0.349 e. The second-order valence-corrected chi connectivity index (χ2v) is 7.22. The first kappa shape index (κ1) is 18.5. The maximum Gasteiger partial charge on any atom is 0.230 e. The van der Waals surface area contributed by atoms with Gasteiger partial charge in [-0.2, -0.15) is 0 Å². The molecule has 0 aliphatic carbocycles. The van der Waals surface area contributed by atoms with Crippen molar-refractivity contribution >= 4 is 29.3 Å². The molecule has 3 rings (SSSR count). The smallest absolute Gasteiger partial charge is 0.230 e. The van der Waals surface area contributed by atoms with Crippen molar-refractivity contribution < 1.29 is 4.79 Å². The van der Waals surface area contributed by atoms with Crippen molar-refractivity contribution in [2.24, 2.45) is 0 Å². The maximum atomic E-state index is 12.3. The van der Waals surface area contributed by atoms with Crippen molar-refractivity contribution in [3.63, 3.8) is 0 Å². The summed E-state index contributed by atoms with van der Waals surface area (Å²) in [5, 5.41) is 12.4. The average molecular weight is 387 g/mol. The number of carbonyl (C=O) groups excluding carboxylic acids is 1. The number of nitrogens with zero attached hydrogens (tertiary/aromatic N) is 3. The van der Waals surface area contributed by atoms with Crippen LogP contribution in [0.15, 0.2) is 60.0 Å². The molecule has 1 unspecified atom stereocenters. The molecule has 0 aliphatic heterocycles. The lowest BCUT2D eigenvalue weighted by Crippen LogP contribution is -2.28. The third kappa shape index (κ3) is 4.26. The molecule has 1 N–H and O–H groups in total. The van der Waals surface area contributed by atoms with Gasteiger partial charge in [0.1, 0.15) is 6.33 Å². The molecule has 2 aromatic carbocycles. The van der Waals surface area contributed by atoms with Crippen molar-refractivity contribution in [2.45, 2.75) is 25.0 Å². The summed E-state index contributed by atoms with van der Waals surface area (Å²) in [5.74, 6) is 0.168. The number of aryl methyl sites for hydroxylation is 1. The van der Waals surface area contributed by atoms with E-state index in [1.54, 1.807) is 6.33 Å². The maximum absolute atomic E-state index is 12.3. The summed E-state index contributed by atoms with van der Waals surface area (Å²) in [6.45, 7) is 3.95. The number of benzene rings is 2. The Hall–Kier alpha value is -2.31. The van der Waals surface area contributed by atoms with Crippen LogP contribution in [0, 0.1) is 6.92 Å². The number of thioether (sulfide) groups is 1. The zero-order valence-electron chi connectivity index (χ0n) is 14.5. The Kier molecular flexibility index (Phi) is 5.96. The molecule has 0 spiro atoms. The molecule has 0 fully saturated rings. The zero-order chi connectivity index (χ0) is 18.5. The van der Waals surface area contributed by atoms with E-state index in [1.807, 2.05) is 66.9 Å². The number of aromatic nitrogens is 3. The molecule has 0 radical (unpaired) electrons. The van der Waals surface area contributed by atoms with Gasteiger partial charge in [-0.25, -0.2) is 0 Å². The van der Waals surface area contributed by atoms with E-state index < -0.39 is 0 Å². The van der Waals surface area contributed by atoms with Crippen LogP contribution in [0.2, 0.25) is 5.02 Å². The fourth-order valence-electron chi connectivity index (χ4n) is 2.64. The third-order valence-electron chi connectivity index (χ3n) is 3.97. The molecule has 0 saturated carbocycles. The first-order valence-corrected chi connectivity index (χ1v) is 9.55. The average Bonchev–Trinajstić information content (AvgIpc) is 3.09. The number of para-hydroxylation sites is 1.